The Morgan fingerprint density at radius 3 is 2.70 bits per heavy atom. The molecule has 4 nitrogen and oxygen atoms in total. The smallest absolute Gasteiger partial charge is 0.121 e. The first kappa shape index (κ1) is 13.6. The monoisotopic (exact) mass is 273 g/mol. The number of fused-ring (bicyclic) bond motifs is 1. The highest BCUT2D eigenvalue weighted by Gasteiger charge is 2.45. The molecule has 108 valence electrons. The molecule has 2 aromatic rings. The van der Waals surface area contributed by atoms with E-state index in [1.165, 1.54) is 0 Å². The second-order valence-electron chi connectivity index (χ2n) is 6.80. The number of ether oxygens (including phenoxy) is 1. The van der Waals surface area contributed by atoms with Crippen molar-refractivity contribution in [3.8, 4) is 0 Å². The fourth-order valence-corrected chi connectivity index (χ4v) is 3.19. The summed E-state index contributed by atoms with van der Waals surface area (Å²) in [6.07, 6.45) is 1.01. The molecule has 1 aromatic carbocycles. The molecule has 2 N–H and O–H groups in total. The second kappa shape index (κ2) is 4.57. The minimum Gasteiger partial charge on any atom is -0.368 e. The highest BCUT2D eigenvalue weighted by atomic mass is 16.5. The maximum atomic E-state index is 6.10. The standard InChI is InChI=1S/C16H23N3O/c1-15(2)9-13(16(3,4)20-15)17-10-14-18-11-7-5-6-8-12(11)19-14/h5-8,13,17H,9-10H2,1-4H3,(H,18,19). The number of nitrogens with zero attached hydrogens (tertiary/aromatic N) is 1. The number of rotatable bonds is 3. The third-order valence-electron chi connectivity index (χ3n) is 4.03. The first-order valence-electron chi connectivity index (χ1n) is 7.23. The van der Waals surface area contributed by atoms with E-state index in [0.717, 1.165) is 29.8 Å². The van der Waals surface area contributed by atoms with Crippen LogP contribution in [0.25, 0.3) is 11.0 Å². The lowest BCUT2D eigenvalue weighted by Crippen LogP contribution is -2.43. The fraction of sp³-hybridized carbons (Fsp3) is 0.562. The molecule has 0 bridgehead atoms. The third-order valence-corrected chi connectivity index (χ3v) is 4.03. The van der Waals surface area contributed by atoms with Crippen LogP contribution in [0, 0.1) is 0 Å². The van der Waals surface area contributed by atoms with E-state index in [-0.39, 0.29) is 11.2 Å². The molecule has 3 rings (SSSR count). The minimum absolute atomic E-state index is 0.0605. The molecule has 1 aliphatic heterocycles. The summed E-state index contributed by atoms with van der Waals surface area (Å²) in [6.45, 7) is 9.34. The van der Waals surface area contributed by atoms with E-state index in [1.54, 1.807) is 0 Å². The van der Waals surface area contributed by atoms with Gasteiger partial charge in [0.25, 0.3) is 0 Å². The van der Waals surface area contributed by atoms with Gasteiger partial charge in [0.15, 0.2) is 0 Å². The zero-order valence-corrected chi connectivity index (χ0v) is 12.7. The molecular formula is C16H23N3O. The van der Waals surface area contributed by atoms with Crippen molar-refractivity contribution in [1.82, 2.24) is 15.3 Å². The van der Waals surface area contributed by atoms with Crippen molar-refractivity contribution >= 4 is 11.0 Å². The van der Waals surface area contributed by atoms with Crippen LogP contribution in [-0.4, -0.2) is 27.2 Å². The SMILES string of the molecule is CC1(C)CC(NCc2nc3ccccc3[nH]2)C(C)(C)O1. The van der Waals surface area contributed by atoms with Crippen LogP contribution in [0.2, 0.25) is 0 Å². The predicted molar refractivity (Wildman–Crippen MR) is 80.6 cm³/mol. The van der Waals surface area contributed by atoms with Crippen molar-refractivity contribution in [3.63, 3.8) is 0 Å². The summed E-state index contributed by atoms with van der Waals surface area (Å²) in [4.78, 5) is 7.95. The van der Waals surface area contributed by atoms with E-state index in [1.807, 2.05) is 18.2 Å². The lowest BCUT2D eigenvalue weighted by molar-refractivity contribution is -0.0699. The highest BCUT2D eigenvalue weighted by molar-refractivity contribution is 5.74. The van der Waals surface area contributed by atoms with Crippen LogP contribution in [0.3, 0.4) is 0 Å². The van der Waals surface area contributed by atoms with Crippen LogP contribution in [0.15, 0.2) is 24.3 Å². The molecule has 1 saturated heterocycles. The quantitative estimate of drug-likeness (QED) is 0.904. The largest absolute Gasteiger partial charge is 0.368 e. The lowest BCUT2D eigenvalue weighted by Gasteiger charge is -2.27. The van der Waals surface area contributed by atoms with Crippen molar-refractivity contribution in [2.75, 3.05) is 0 Å². The molecule has 1 atom stereocenters. The Bertz CT molecular complexity index is 582. The van der Waals surface area contributed by atoms with Crippen molar-refractivity contribution in [2.45, 2.75) is 57.9 Å². The Labute approximate surface area is 119 Å². The summed E-state index contributed by atoms with van der Waals surface area (Å²) < 4.78 is 6.10. The number of hydrogen-bond acceptors (Lipinski definition) is 3. The van der Waals surface area contributed by atoms with Gasteiger partial charge in [-0.05, 0) is 46.2 Å². The normalized spacial score (nSPS) is 24.3. The van der Waals surface area contributed by atoms with Gasteiger partial charge in [-0.1, -0.05) is 12.1 Å². The van der Waals surface area contributed by atoms with Gasteiger partial charge in [0.1, 0.15) is 5.82 Å². The van der Waals surface area contributed by atoms with Gasteiger partial charge >= 0.3 is 0 Å². The third kappa shape index (κ3) is 2.58. The number of hydrogen-bond donors (Lipinski definition) is 2. The molecule has 1 unspecified atom stereocenters. The molecule has 0 saturated carbocycles. The van der Waals surface area contributed by atoms with Crippen LogP contribution in [-0.2, 0) is 11.3 Å². The number of nitrogens with one attached hydrogen (secondary N) is 2. The predicted octanol–water partition coefficient (Wildman–Crippen LogP) is 3.00. The van der Waals surface area contributed by atoms with Crippen LogP contribution < -0.4 is 5.32 Å². The Balaban J connectivity index is 1.70. The van der Waals surface area contributed by atoms with Gasteiger partial charge in [0, 0.05) is 6.04 Å². The summed E-state index contributed by atoms with van der Waals surface area (Å²) in [5.41, 5.74) is 1.91. The zero-order chi connectivity index (χ0) is 14.4. The Hall–Kier alpha value is -1.39. The van der Waals surface area contributed by atoms with Crippen LogP contribution in [0.1, 0.15) is 39.9 Å². The van der Waals surface area contributed by atoms with Gasteiger partial charge < -0.3 is 15.0 Å². The van der Waals surface area contributed by atoms with E-state index in [2.05, 4.69) is 49.0 Å². The summed E-state index contributed by atoms with van der Waals surface area (Å²) >= 11 is 0. The summed E-state index contributed by atoms with van der Waals surface area (Å²) in [5, 5.41) is 3.59. The van der Waals surface area contributed by atoms with Gasteiger partial charge in [0.05, 0.1) is 28.8 Å². The van der Waals surface area contributed by atoms with Gasteiger partial charge in [-0.15, -0.1) is 0 Å². The number of benzene rings is 1. The molecule has 0 amide bonds. The molecule has 0 aliphatic carbocycles. The number of para-hydroxylation sites is 2. The number of H-pyrrole nitrogens is 1. The van der Waals surface area contributed by atoms with E-state index in [4.69, 9.17) is 4.74 Å². The Morgan fingerprint density at radius 2 is 2.05 bits per heavy atom. The molecule has 1 aliphatic rings. The van der Waals surface area contributed by atoms with Crippen LogP contribution in [0.5, 0.6) is 0 Å². The van der Waals surface area contributed by atoms with Crippen LogP contribution >= 0.6 is 0 Å². The van der Waals surface area contributed by atoms with Gasteiger partial charge in [-0.2, -0.15) is 0 Å². The maximum absolute atomic E-state index is 6.10. The van der Waals surface area contributed by atoms with Gasteiger partial charge in [-0.3, -0.25) is 0 Å². The van der Waals surface area contributed by atoms with Crippen molar-refractivity contribution in [1.29, 1.82) is 0 Å². The second-order valence-corrected chi connectivity index (χ2v) is 6.80. The van der Waals surface area contributed by atoms with Crippen LogP contribution in [0.4, 0.5) is 0 Å². The van der Waals surface area contributed by atoms with E-state index in [0.29, 0.717) is 6.04 Å². The molecule has 1 aromatic heterocycles. The average molecular weight is 273 g/mol. The molecule has 0 spiro atoms. The lowest BCUT2D eigenvalue weighted by atomic mass is 9.94. The van der Waals surface area contributed by atoms with E-state index < -0.39 is 0 Å². The summed E-state index contributed by atoms with van der Waals surface area (Å²) in [7, 11) is 0. The first-order chi connectivity index (χ1) is 9.36. The average Bonchev–Trinajstić information content (AvgIpc) is 2.83. The topological polar surface area (TPSA) is 49.9 Å². The summed E-state index contributed by atoms with van der Waals surface area (Å²) in [6, 6.07) is 8.45. The molecular weight excluding hydrogens is 250 g/mol. The van der Waals surface area contributed by atoms with Gasteiger partial charge in [-0.25, -0.2) is 4.98 Å². The molecule has 4 heteroatoms. The zero-order valence-electron chi connectivity index (χ0n) is 12.7. The molecule has 20 heavy (non-hydrogen) atoms. The Morgan fingerprint density at radius 1 is 1.30 bits per heavy atom. The highest BCUT2D eigenvalue weighted by Crippen LogP contribution is 2.37. The molecule has 0 radical (unpaired) electrons. The maximum Gasteiger partial charge on any atom is 0.121 e. The van der Waals surface area contributed by atoms with Crippen molar-refractivity contribution in [3.05, 3.63) is 30.1 Å². The fourth-order valence-electron chi connectivity index (χ4n) is 3.19. The molecule has 1 fully saturated rings. The number of aromatic amines is 1. The van der Waals surface area contributed by atoms with E-state index in [9.17, 15) is 0 Å². The first-order valence-corrected chi connectivity index (χ1v) is 7.23. The van der Waals surface area contributed by atoms with Crippen molar-refractivity contribution in [2.24, 2.45) is 0 Å². The number of aromatic nitrogens is 2. The number of imidazole rings is 1. The minimum atomic E-state index is -0.143. The van der Waals surface area contributed by atoms with E-state index >= 15 is 0 Å². The van der Waals surface area contributed by atoms with Crippen molar-refractivity contribution < 1.29 is 4.74 Å². The van der Waals surface area contributed by atoms with Gasteiger partial charge in [0.2, 0.25) is 0 Å². The Kier molecular flexibility index (Phi) is 3.10. The summed E-state index contributed by atoms with van der Waals surface area (Å²) in [5.74, 6) is 0.978. The molecule has 2 heterocycles.